The Morgan fingerprint density at radius 1 is 1.03 bits per heavy atom. The first-order valence-corrected chi connectivity index (χ1v) is 11.1. The van der Waals surface area contributed by atoms with Crippen LogP contribution < -0.4 is 21.0 Å². The van der Waals surface area contributed by atoms with Crippen molar-refractivity contribution in [3.8, 4) is 5.75 Å². The molecule has 0 saturated carbocycles. The molecule has 4 rings (SSSR count). The van der Waals surface area contributed by atoms with Crippen molar-refractivity contribution >= 4 is 29.8 Å². The van der Waals surface area contributed by atoms with Crippen molar-refractivity contribution in [1.82, 2.24) is 16.3 Å². The molecule has 1 aliphatic rings. The Bertz CT molecular complexity index is 1120. The number of para-hydroxylation sites is 1. The molecule has 3 N–H and O–H groups in total. The van der Waals surface area contributed by atoms with Crippen LogP contribution in [0, 0.1) is 0 Å². The first-order chi connectivity index (χ1) is 16.2. The minimum Gasteiger partial charge on any atom is -0.489 e. The molecule has 6 nitrogen and oxygen atoms in total. The van der Waals surface area contributed by atoms with Crippen LogP contribution in [0.1, 0.15) is 29.2 Å². The van der Waals surface area contributed by atoms with E-state index in [1.165, 1.54) is 0 Å². The van der Waals surface area contributed by atoms with Crippen LogP contribution in [0.5, 0.6) is 5.75 Å². The number of benzene rings is 3. The molecule has 1 aliphatic heterocycles. The van der Waals surface area contributed by atoms with Gasteiger partial charge in [-0.1, -0.05) is 78.3 Å². The summed E-state index contributed by atoms with van der Waals surface area (Å²) in [4.78, 5) is 12.5. The van der Waals surface area contributed by atoms with Crippen LogP contribution in [0.15, 0.2) is 90.0 Å². The molecule has 0 spiro atoms. The fraction of sp³-hybridized carbons (Fsp3) is 0.154. The van der Waals surface area contributed by atoms with Crippen molar-refractivity contribution in [3.63, 3.8) is 0 Å². The van der Waals surface area contributed by atoms with E-state index < -0.39 is 6.04 Å². The number of halogens is 1. The quantitative estimate of drug-likeness (QED) is 0.338. The van der Waals surface area contributed by atoms with Crippen LogP contribution in [0.25, 0.3) is 6.08 Å². The third-order valence-electron chi connectivity index (χ3n) is 5.25. The van der Waals surface area contributed by atoms with Gasteiger partial charge in [0.1, 0.15) is 18.4 Å². The van der Waals surface area contributed by atoms with Crippen LogP contribution in [-0.4, -0.2) is 18.2 Å². The number of hydrogen-bond acceptors (Lipinski definition) is 5. The van der Waals surface area contributed by atoms with Crippen LogP contribution in [0.4, 0.5) is 0 Å². The van der Waals surface area contributed by atoms with Gasteiger partial charge in [0.15, 0.2) is 0 Å². The molecule has 0 radical (unpaired) electrons. The molecule has 7 heteroatoms. The van der Waals surface area contributed by atoms with E-state index >= 15 is 0 Å². The third-order valence-corrected chi connectivity index (χ3v) is 5.50. The Morgan fingerprint density at radius 2 is 1.79 bits per heavy atom. The number of allylic oxidation sites excluding steroid dienone is 1. The minimum absolute atomic E-state index is 0.0656. The highest BCUT2D eigenvalue weighted by molar-refractivity contribution is 6.30. The monoisotopic (exact) mass is 460 g/mol. The van der Waals surface area contributed by atoms with E-state index in [2.05, 4.69) is 21.4 Å². The van der Waals surface area contributed by atoms with Crippen molar-refractivity contribution in [2.24, 2.45) is 5.10 Å². The zero-order chi connectivity index (χ0) is 22.9. The van der Waals surface area contributed by atoms with Crippen molar-refractivity contribution in [2.75, 3.05) is 0 Å². The highest BCUT2D eigenvalue weighted by Gasteiger charge is 2.31. The van der Waals surface area contributed by atoms with E-state index in [-0.39, 0.29) is 11.9 Å². The summed E-state index contributed by atoms with van der Waals surface area (Å²) in [6.45, 7) is 0.434. The lowest BCUT2D eigenvalue weighted by Gasteiger charge is -2.16. The second kappa shape index (κ2) is 11.4. The van der Waals surface area contributed by atoms with E-state index in [1.54, 1.807) is 12.3 Å². The lowest BCUT2D eigenvalue weighted by atomic mass is 10.0. The first kappa shape index (κ1) is 22.7. The molecule has 0 aliphatic carbocycles. The van der Waals surface area contributed by atoms with Gasteiger partial charge in [0, 0.05) is 16.8 Å². The number of ether oxygens (including phenoxy) is 1. The zero-order valence-electron chi connectivity index (χ0n) is 17.9. The van der Waals surface area contributed by atoms with E-state index in [0.717, 1.165) is 22.4 Å². The number of hydrogen-bond donors (Lipinski definition) is 3. The molecule has 0 aromatic heterocycles. The van der Waals surface area contributed by atoms with Gasteiger partial charge in [-0.25, -0.2) is 16.3 Å². The van der Waals surface area contributed by atoms with Crippen molar-refractivity contribution < 1.29 is 9.53 Å². The van der Waals surface area contributed by atoms with Gasteiger partial charge in [0.05, 0.1) is 6.04 Å². The SMILES string of the molecule is O=C(N/N=C/C=C/c1ccccc1)C1CC(c2ccccc2OCc2ccc(Cl)cc2)NN1. The van der Waals surface area contributed by atoms with Gasteiger partial charge in [-0.3, -0.25) is 4.79 Å². The molecule has 0 bridgehead atoms. The molecule has 1 heterocycles. The largest absolute Gasteiger partial charge is 0.489 e. The summed E-state index contributed by atoms with van der Waals surface area (Å²) in [6.07, 6.45) is 5.84. The molecule has 1 fully saturated rings. The number of nitrogens with one attached hydrogen (secondary N) is 3. The van der Waals surface area contributed by atoms with Crippen LogP contribution in [0.2, 0.25) is 5.02 Å². The average Bonchev–Trinajstić information content (AvgIpc) is 3.35. The average molecular weight is 461 g/mol. The highest BCUT2D eigenvalue weighted by Crippen LogP contribution is 2.30. The van der Waals surface area contributed by atoms with Gasteiger partial charge in [-0.05, 0) is 41.8 Å². The molecule has 2 atom stereocenters. The molecular weight excluding hydrogens is 436 g/mol. The molecule has 2 unspecified atom stereocenters. The second-order valence-electron chi connectivity index (χ2n) is 7.61. The first-order valence-electron chi connectivity index (χ1n) is 10.7. The molecule has 1 amide bonds. The van der Waals surface area contributed by atoms with Gasteiger partial charge in [0.2, 0.25) is 0 Å². The second-order valence-corrected chi connectivity index (χ2v) is 8.04. The number of hydrazine groups is 1. The van der Waals surface area contributed by atoms with Gasteiger partial charge in [-0.2, -0.15) is 5.10 Å². The molecular formula is C26H25ClN4O2. The summed E-state index contributed by atoms with van der Waals surface area (Å²) in [5.41, 5.74) is 11.9. The minimum atomic E-state index is -0.408. The summed E-state index contributed by atoms with van der Waals surface area (Å²) < 4.78 is 6.06. The predicted octanol–water partition coefficient (Wildman–Crippen LogP) is 4.64. The topological polar surface area (TPSA) is 74.8 Å². The number of amides is 1. The summed E-state index contributed by atoms with van der Waals surface area (Å²) >= 11 is 5.95. The smallest absolute Gasteiger partial charge is 0.258 e. The summed E-state index contributed by atoms with van der Waals surface area (Å²) in [5.74, 6) is 0.575. The summed E-state index contributed by atoms with van der Waals surface area (Å²) in [5, 5.41) is 4.70. The number of nitrogens with zero attached hydrogens (tertiary/aromatic N) is 1. The van der Waals surface area contributed by atoms with Gasteiger partial charge in [0.25, 0.3) is 5.91 Å². The van der Waals surface area contributed by atoms with Crippen molar-refractivity contribution in [1.29, 1.82) is 0 Å². The van der Waals surface area contributed by atoms with Crippen LogP contribution >= 0.6 is 11.6 Å². The molecule has 3 aromatic carbocycles. The Balaban J connectivity index is 1.30. The maximum atomic E-state index is 12.5. The number of carbonyl (C=O) groups excluding carboxylic acids is 1. The fourth-order valence-corrected chi connectivity index (χ4v) is 3.64. The van der Waals surface area contributed by atoms with Gasteiger partial charge < -0.3 is 4.74 Å². The standard InChI is InChI=1S/C26H25ClN4O2/c27-21-14-12-20(13-15-21)18-33-25-11-5-4-10-22(25)23-17-24(30-29-23)26(32)31-28-16-6-9-19-7-2-1-3-8-19/h1-16,23-24,29-30H,17-18H2,(H,31,32)/b9-6+,28-16+. The lowest BCUT2D eigenvalue weighted by molar-refractivity contribution is -0.122. The normalized spacial score (nSPS) is 18.1. The van der Waals surface area contributed by atoms with E-state index in [1.807, 2.05) is 84.9 Å². The Hall–Kier alpha value is -3.45. The molecule has 168 valence electrons. The van der Waals surface area contributed by atoms with Gasteiger partial charge in [-0.15, -0.1) is 0 Å². The van der Waals surface area contributed by atoms with Crippen molar-refractivity contribution in [3.05, 3.63) is 107 Å². The zero-order valence-corrected chi connectivity index (χ0v) is 18.7. The van der Waals surface area contributed by atoms with Gasteiger partial charge >= 0.3 is 0 Å². The predicted molar refractivity (Wildman–Crippen MR) is 132 cm³/mol. The van der Waals surface area contributed by atoms with Crippen LogP contribution in [0.3, 0.4) is 0 Å². The lowest BCUT2D eigenvalue weighted by Crippen LogP contribution is -2.41. The Kier molecular flexibility index (Phi) is 7.87. The van der Waals surface area contributed by atoms with Crippen LogP contribution in [-0.2, 0) is 11.4 Å². The van der Waals surface area contributed by atoms with E-state index in [9.17, 15) is 4.79 Å². The third kappa shape index (κ3) is 6.52. The number of rotatable bonds is 8. The van der Waals surface area contributed by atoms with E-state index in [0.29, 0.717) is 18.1 Å². The number of carbonyl (C=O) groups is 1. The highest BCUT2D eigenvalue weighted by atomic mass is 35.5. The summed E-state index contributed by atoms with van der Waals surface area (Å²) in [7, 11) is 0. The molecule has 33 heavy (non-hydrogen) atoms. The Labute approximate surface area is 198 Å². The molecule has 3 aromatic rings. The fourth-order valence-electron chi connectivity index (χ4n) is 3.51. The maximum absolute atomic E-state index is 12.5. The van der Waals surface area contributed by atoms with Crippen molar-refractivity contribution in [2.45, 2.75) is 25.1 Å². The molecule has 1 saturated heterocycles. The number of hydrazone groups is 1. The van der Waals surface area contributed by atoms with E-state index in [4.69, 9.17) is 16.3 Å². The maximum Gasteiger partial charge on any atom is 0.258 e. The Morgan fingerprint density at radius 3 is 2.61 bits per heavy atom. The summed E-state index contributed by atoms with van der Waals surface area (Å²) in [6, 6.07) is 24.8.